The molecule has 1 rings (SSSR count). The van der Waals surface area contributed by atoms with Crippen LogP contribution in [0.2, 0.25) is 0 Å². The second kappa shape index (κ2) is 5.31. The molecule has 0 heterocycles. The topological polar surface area (TPSA) is 43.4 Å². The normalized spacial score (nSPS) is 25.3. The number of rotatable bonds is 4. The molecule has 0 bridgehead atoms. The minimum absolute atomic E-state index is 0.0537. The zero-order chi connectivity index (χ0) is 11.3. The predicted octanol–water partition coefficient (Wildman–Crippen LogP) is 2.08. The van der Waals surface area contributed by atoms with Gasteiger partial charge in [-0.1, -0.05) is 12.2 Å². The first kappa shape index (κ1) is 12.2. The van der Waals surface area contributed by atoms with Crippen molar-refractivity contribution >= 4 is 23.4 Å². The summed E-state index contributed by atoms with van der Waals surface area (Å²) in [5.41, 5.74) is -1.07. The molecule has 0 aromatic heterocycles. The Balaban J connectivity index is 2.93. The van der Waals surface area contributed by atoms with Gasteiger partial charge in [-0.05, 0) is 19.3 Å². The molecule has 0 saturated carbocycles. The Morgan fingerprint density at radius 3 is 2.93 bits per heavy atom. The zero-order valence-electron chi connectivity index (χ0n) is 8.79. The van der Waals surface area contributed by atoms with Crippen LogP contribution in [0.25, 0.3) is 0 Å². The maximum atomic E-state index is 11.8. The van der Waals surface area contributed by atoms with Gasteiger partial charge in [0.15, 0.2) is 5.78 Å². The first-order chi connectivity index (χ1) is 7.17. The average molecular weight is 231 g/mol. The molecule has 0 saturated heterocycles. The molecule has 84 valence electrons. The number of methoxy groups -OCH3 is 1. The largest absolute Gasteiger partial charge is 0.468 e. The molecule has 0 radical (unpaired) electrons. The molecule has 0 aliphatic heterocycles. The number of esters is 1. The second-order valence-corrected chi connectivity index (χ2v) is 4.00. The van der Waals surface area contributed by atoms with E-state index in [-0.39, 0.29) is 5.78 Å². The highest BCUT2D eigenvalue weighted by molar-refractivity contribution is 6.17. The van der Waals surface area contributed by atoms with Crippen molar-refractivity contribution in [1.82, 2.24) is 0 Å². The van der Waals surface area contributed by atoms with E-state index in [9.17, 15) is 9.59 Å². The molecule has 1 aliphatic rings. The van der Waals surface area contributed by atoms with Crippen LogP contribution in [0.4, 0.5) is 0 Å². The summed E-state index contributed by atoms with van der Waals surface area (Å²) >= 11 is 5.59. The lowest BCUT2D eigenvalue weighted by Crippen LogP contribution is -2.40. The minimum atomic E-state index is -1.07. The van der Waals surface area contributed by atoms with Gasteiger partial charge in [0.2, 0.25) is 0 Å². The van der Waals surface area contributed by atoms with Gasteiger partial charge < -0.3 is 4.74 Å². The summed E-state index contributed by atoms with van der Waals surface area (Å²) in [4.78, 5) is 23.5. The van der Waals surface area contributed by atoms with Crippen molar-refractivity contribution < 1.29 is 14.3 Å². The van der Waals surface area contributed by atoms with Gasteiger partial charge in [-0.15, -0.1) is 11.6 Å². The van der Waals surface area contributed by atoms with Crippen LogP contribution in [0.3, 0.4) is 0 Å². The Morgan fingerprint density at radius 2 is 2.40 bits per heavy atom. The summed E-state index contributed by atoms with van der Waals surface area (Å²) in [5.74, 6) is -0.0737. The van der Waals surface area contributed by atoms with Gasteiger partial charge in [0.25, 0.3) is 0 Å². The van der Waals surface area contributed by atoms with Crippen LogP contribution >= 0.6 is 11.6 Å². The molecule has 0 N–H and O–H groups in total. The molecular weight excluding hydrogens is 216 g/mol. The summed E-state index contributed by atoms with van der Waals surface area (Å²) < 4.78 is 4.71. The Bertz CT molecular complexity index is 286. The summed E-state index contributed by atoms with van der Waals surface area (Å²) in [5, 5.41) is 0. The molecule has 1 unspecified atom stereocenters. The van der Waals surface area contributed by atoms with Gasteiger partial charge in [0.1, 0.15) is 5.41 Å². The van der Waals surface area contributed by atoms with Crippen molar-refractivity contribution in [3.05, 3.63) is 12.2 Å². The van der Waals surface area contributed by atoms with E-state index in [1.165, 1.54) is 7.11 Å². The number of ketones is 1. The highest BCUT2D eigenvalue weighted by Gasteiger charge is 2.44. The van der Waals surface area contributed by atoms with E-state index in [0.717, 1.165) is 0 Å². The average Bonchev–Trinajstić information content (AvgIpc) is 2.27. The molecule has 0 amide bonds. The maximum Gasteiger partial charge on any atom is 0.323 e. The molecule has 0 aromatic rings. The van der Waals surface area contributed by atoms with Gasteiger partial charge in [-0.2, -0.15) is 0 Å². The summed E-state index contributed by atoms with van der Waals surface area (Å²) in [6.45, 7) is 0. The van der Waals surface area contributed by atoms with Crippen molar-refractivity contribution in [2.45, 2.75) is 25.7 Å². The molecule has 0 fully saturated rings. The fourth-order valence-electron chi connectivity index (χ4n) is 1.85. The van der Waals surface area contributed by atoms with Gasteiger partial charge in [-0.3, -0.25) is 9.59 Å². The van der Waals surface area contributed by atoms with Crippen LogP contribution < -0.4 is 0 Å². The minimum Gasteiger partial charge on any atom is -0.468 e. The van der Waals surface area contributed by atoms with Crippen LogP contribution in [-0.4, -0.2) is 24.7 Å². The first-order valence-corrected chi connectivity index (χ1v) is 5.56. The fourth-order valence-corrected chi connectivity index (χ4v) is 1.98. The Kier molecular flexibility index (Phi) is 4.33. The molecule has 0 spiro atoms. The molecule has 4 heteroatoms. The van der Waals surface area contributed by atoms with Gasteiger partial charge >= 0.3 is 5.97 Å². The van der Waals surface area contributed by atoms with Crippen molar-refractivity contribution in [3.8, 4) is 0 Å². The van der Waals surface area contributed by atoms with Crippen molar-refractivity contribution in [2.24, 2.45) is 5.41 Å². The zero-order valence-corrected chi connectivity index (χ0v) is 9.55. The molecule has 15 heavy (non-hydrogen) atoms. The van der Waals surface area contributed by atoms with Gasteiger partial charge in [0, 0.05) is 12.3 Å². The Labute approximate surface area is 94.4 Å². The fraction of sp³-hybridized carbons (Fsp3) is 0.636. The highest BCUT2D eigenvalue weighted by atomic mass is 35.5. The SMILES string of the molecule is COC(=O)C1(CCCCl)C=CCCC1=O. The standard InChI is InChI=1S/C11H15ClO3/c1-15-10(14)11(7-4-8-12)6-3-2-5-9(11)13/h3,6H,2,4-5,7-8H2,1H3. The third-order valence-electron chi connectivity index (χ3n) is 2.69. The number of allylic oxidation sites excluding steroid dienone is 1. The summed E-state index contributed by atoms with van der Waals surface area (Å²) in [7, 11) is 1.31. The van der Waals surface area contributed by atoms with E-state index >= 15 is 0 Å². The Hall–Kier alpha value is -0.830. The monoisotopic (exact) mass is 230 g/mol. The van der Waals surface area contributed by atoms with Crippen LogP contribution in [0, 0.1) is 5.41 Å². The smallest absolute Gasteiger partial charge is 0.323 e. The predicted molar refractivity (Wildman–Crippen MR) is 57.8 cm³/mol. The third kappa shape index (κ3) is 2.40. The number of carbonyl (C=O) groups is 2. The summed E-state index contributed by atoms with van der Waals surface area (Å²) in [6, 6.07) is 0. The lowest BCUT2D eigenvalue weighted by molar-refractivity contribution is -0.155. The number of hydrogen-bond acceptors (Lipinski definition) is 3. The van der Waals surface area contributed by atoms with Crippen LogP contribution in [-0.2, 0) is 14.3 Å². The lowest BCUT2D eigenvalue weighted by Gasteiger charge is -2.28. The van der Waals surface area contributed by atoms with E-state index in [1.54, 1.807) is 6.08 Å². The number of halogens is 1. The van der Waals surface area contributed by atoms with E-state index in [1.807, 2.05) is 6.08 Å². The Morgan fingerprint density at radius 1 is 1.67 bits per heavy atom. The van der Waals surface area contributed by atoms with Crippen molar-refractivity contribution in [3.63, 3.8) is 0 Å². The van der Waals surface area contributed by atoms with Gasteiger partial charge in [0.05, 0.1) is 7.11 Å². The molecule has 0 aromatic carbocycles. The maximum absolute atomic E-state index is 11.8. The van der Waals surface area contributed by atoms with E-state index in [4.69, 9.17) is 16.3 Å². The number of alkyl halides is 1. The van der Waals surface area contributed by atoms with Crippen molar-refractivity contribution in [2.75, 3.05) is 13.0 Å². The van der Waals surface area contributed by atoms with Gasteiger partial charge in [-0.25, -0.2) is 0 Å². The molecular formula is C11H15ClO3. The van der Waals surface area contributed by atoms with Crippen LogP contribution in [0.1, 0.15) is 25.7 Å². The highest BCUT2D eigenvalue weighted by Crippen LogP contribution is 2.34. The quantitative estimate of drug-likeness (QED) is 0.322. The molecule has 1 aliphatic carbocycles. The van der Waals surface area contributed by atoms with E-state index in [0.29, 0.717) is 31.6 Å². The van der Waals surface area contributed by atoms with E-state index < -0.39 is 11.4 Å². The number of carbonyl (C=O) groups excluding carboxylic acids is 2. The van der Waals surface area contributed by atoms with Crippen LogP contribution in [0.5, 0.6) is 0 Å². The van der Waals surface area contributed by atoms with Crippen LogP contribution in [0.15, 0.2) is 12.2 Å². The number of ether oxygens (including phenoxy) is 1. The first-order valence-electron chi connectivity index (χ1n) is 5.03. The molecule has 3 nitrogen and oxygen atoms in total. The summed E-state index contributed by atoms with van der Waals surface area (Å²) in [6.07, 6.45) is 5.74. The number of hydrogen-bond donors (Lipinski definition) is 0. The number of Topliss-reactive ketones (excluding diaryl/α,β-unsaturated/α-hetero) is 1. The van der Waals surface area contributed by atoms with E-state index in [2.05, 4.69) is 0 Å². The third-order valence-corrected chi connectivity index (χ3v) is 2.96. The second-order valence-electron chi connectivity index (χ2n) is 3.62. The van der Waals surface area contributed by atoms with Crippen molar-refractivity contribution in [1.29, 1.82) is 0 Å². The lowest BCUT2D eigenvalue weighted by atomic mass is 9.74. The molecule has 1 atom stereocenters.